The third-order valence-corrected chi connectivity index (χ3v) is 2.77. The molecule has 0 spiro atoms. The van der Waals surface area contributed by atoms with Gasteiger partial charge in [-0.15, -0.1) is 0 Å². The summed E-state index contributed by atoms with van der Waals surface area (Å²) >= 11 is 5.83. The largest absolute Gasteiger partial charge is 0.355 e. The summed E-state index contributed by atoms with van der Waals surface area (Å²) in [5.74, 6) is 0.419. The fraction of sp³-hybridized carbons (Fsp3) is 0. The molecule has 88 valence electrons. The maximum atomic E-state index is 11.9. The van der Waals surface area contributed by atoms with Gasteiger partial charge in [-0.05, 0) is 12.1 Å². The van der Waals surface area contributed by atoms with Crippen LogP contribution < -0.4 is 5.69 Å². The zero-order valence-corrected chi connectivity index (χ0v) is 10.0. The minimum atomic E-state index is -0.388. The van der Waals surface area contributed by atoms with E-state index >= 15 is 0 Å². The van der Waals surface area contributed by atoms with Crippen molar-refractivity contribution in [3.05, 3.63) is 64.2 Å². The van der Waals surface area contributed by atoms with Crippen LogP contribution in [0.1, 0.15) is 0 Å². The molecule has 1 aromatic carbocycles. The van der Waals surface area contributed by atoms with Gasteiger partial charge < -0.3 is 0 Å². The van der Waals surface area contributed by atoms with Crippen LogP contribution in [0.2, 0.25) is 5.02 Å². The van der Waals surface area contributed by atoms with Gasteiger partial charge in [0.25, 0.3) is 0 Å². The number of nitrogens with zero attached hydrogens (tertiary/aromatic N) is 3. The molecule has 0 atom stereocenters. The molecule has 0 bridgehead atoms. The average molecular weight is 258 g/mol. The van der Waals surface area contributed by atoms with Gasteiger partial charge in [0.05, 0.1) is 5.02 Å². The van der Waals surface area contributed by atoms with Gasteiger partial charge >= 0.3 is 5.69 Å². The lowest BCUT2D eigenvalue weighted by atomic mass is 10.2. The molecule has 3 aromatic rings. The standard InChI is InChI=1S/C13H8ClN3O/c14-10-6-7-11-15-12(9-4-2-1-3-5-9)16-13(18)17(11)8-10/h1-8H. The van der Waals surface area contributed by atoms with Crippen LogP contribution in [-0.4, -0.2) is 14.4 Å². The molecule has 0 amide bonds. The molecule has 2 aromatic heterocycles. The van der Waals surface area contributed by atoms with Gasteiger partial charge in [0.1, 0.15) is 5.65 Å². The SMILES string of the molecule is O=c1nc(-c2ccccc2)nc2ccc(Cl)cn12. The van der Waals surface area contributed by atoms with E-state index in [0.717, 1.165) is 5.56 Å². The van der Waals surface area contributed by atoms with Gasteiger partial charge in [0.2, 0.25) is 0 Å². The fourth-order valence-electron chi connectivity index (χ4n) is 1.71. The highest BCUT2D eigenvalue weighted by Gasteiger charge is 2.05. The van der Waals surface area contributed by atoms with Gasteiger partial charge in [-0.2, -0.15) is 4.98 Å². The Hall–Kier alpha value is -2.20. The second-order valence-corrected chi connectivity index (χ2v) is 4.21. The van der Waals surface area contributed by atoms with Gasteiger partial charge in [-0.3, -0.25) is 0 Å². The van der Waals surface area contributed by atoms with Crippen molar-refractivity contribution in [1.82, 2.24) is 14.4 Å². The van der Waals surface area contributed by atoms with Gasteiger partial charge in [-0.25, -0.2) is 14.2 Å². The Morgan fingerprint density at radius 1 is 1.00 bits per heavy atom. The molecule has 3 rings (SSSR count). The van der Waals surface area contributed by atoms with Crippen LogP contribution in [0, 0.1) is 0 Å². The summed E-state index contributed by atoms with van der Waals surface area (Å²) in [6.07, 6.45) is 1.51. The van der Waals surface area contributed by atoms with E-state index in [0.29, 0.717) is 16.5 Å². The molecule has 5 heteroatoms. The number of benzene rings is 1. The molecule has 0 saturated carbocycles. The molecule has 18 heavy (non-hydrogen) atoms. The number of halogens is 1. The molecule has 0 fully saturated rings. The predicted octanol–water partition coefficient (Wildman–Crippen LogP) is 2.41. The van der Waals surface area contributed by atoms with Crippen molar-refractivity contribution in [3.8, 4) is 11.4 Å². The molecule has 0 aliphatic heterocycles. The Bertz CT molecular complexity index is 768. The lowest BCUT2D eigenvalue weighted by Crippen LogP contribution is -2.19. The van der Waals surface area contributed by atoms with Crippen molar-refractivity contribution >= 4 is 17.2 Å². The van der Waals surface area contributed by atoms with E-state index in [-0.39, 0.29) is 5.69 Å². The number of hydrogen-bond donors (Lipinski definition) is 0. The maximum absolute atomic E-state index is 11.9. The summed E-state index contributed by atoms with van der Waals surface area (Å²) in [5, 5.41) is 0.473. The second-order valence-electron chi connectivity index (χ2n) is 3.77. The quantitative estimate of drug-likeness (QED) is 0.673. The first-order valence-corrected chi connectivity index (χ1v) is 5.73. The van der Waals surface area contributed by atoms with Crippen LogP contribution in [0.15, 0.2) is 53.5 Å². The third kappa shape index (κ3) is 1.87. The highest BCUT2D eigenvalue weighted by Crippen LogP contribution is 2.14. The summed E-state index contributed by atoms with van der Waals surface area (Å²) in [6, 6.07) is 12.8. The van der Waals surface area contributed by atoms with Crippen LogP contribution in [0.25, 0.3) is 17.0 Å². The predicted molar refractivity (Wildman–Crippen MR) is 69.7 cm³/mol. The fourth-order valence-corrected chi connectivity index (χ4v) is 1.87. The number of rotatable bonds is 1. The van der Waals surface area contributed by atoms with Crippen LogP contribution >= 0.6 is 11.6 Å². The first kappa shape index (κ1) is 10.9. The van der Waals surface area contributed by atoms with Crippen molar-refractivity contribution in [2.75, 3.05) is 0 Å². The number of pyridine rings is 1. The molecule has 0 radical (unpaired) electrons. The molecule has 0 aliphatic rings. The summed E-state index contributed by atoms with van der Waals surface area (Å²) < 4.78 is 1.33. The first-order valence-electron chi connectivity index (χ1n) is 5.35. The maximum Gasteiger partial charge on any atom is 0.355 e. The van der Waals surface area contributed by atoms with Crippen molar-refractivity contribution in [2.24, 2.45) is 0 Å². The topological polar surface area (TPSA) is 47.3 Å². The van der Waals surface area contributed by atoms with E-state index in [1.54, 1.807) is 12.1 Å². The van der Waals surface area contributed by atoms with Crippen molar-refractivity contribution in [2.45, 2.75) is 0 Å². The van der Waals surface area contributed by atoms with Crippen LogP contribution in [0.4, 0.5) is 0 Å². The Morgan fingerprint density at radius 2 is 1.78 bits per heavy atom. The molecule has 2 heterocycles. The number of fused-ring (bicyclic) bond motifs is 1. The third-order valence-electron chi connectivity index (χ3n) is 2.55. The Labute approximate surface area is 108 Å². The summed E-state index contributed by atoms with van der Waals surface area (Å²) in [6.45, 7) is 0. The first-order chi connectivity index (χ1) is 8.74. The van der Waals surface area contributed by atoms with Gasteiger partial charge in [0, 0.05) is 11.8 Å². The van der Waals surface area contributed by atoms with E-state index in [1.165, 1.54) is 10.6 Å². The van der Waals surface area contributed by atoms with E-state index in [1.807, 2.05) is 30.3 Å². The van der Waals surface area contributed by atoms with Crippen molar-refractivity contribution < 1.29 is 0 Å². The summed E-state index contributed by atoms with van der Waals surface area (Å²) in [5.41, 5.74) is 0.951. The van der Waals surface area contributed by atoms with Crippen LogP contribution in [-0.2, 0) is 0 Å². The lowest BCUT2D eigenvalue weighted by Gasteiger charge is -2.03. The van der Waals surface area contributed by atoms with E-state index in [4.69, 9.17) is 11.6 Å². The number of aromatic nitrogens is 3. The van der Waals surface area contributed by atoms with Gasteiger partial charge in [0.15, 0.2) is 5.82 Å². The molecular formula is C13H8ClN3O. The monoisotopic (exact) mass is 257 g/mol. The second kappa shape index (κ2) is 4.23. The molecule has 0 N–H and O–H groups in total. The van der Waals surface area contributed by atoms with Crippen LogP contribution in [0.5, 0.6) is 0 Å². The smallest absolute Gasteiger partial charge is 0.250 e. The molecular weight excluding hydrogens is 250 g/mol. The minimum Gasteiger partial charge on any atom is -0.250 e. The molecule has 0 unspecified atom stereocenters. The lowest BCUT2D eigenvalue weighted by molar-refractivity contribution is 0.948. The Kier molecular flexibility index (Phi) is 2.57. The summed E-state index contributed by atoms with van der Waals surface area (Å²) in [4.78, 5) is 20.2. The molecule has 0 aliphatic carbocycles. The molecule has 0 saturated heterocycles. The molecule has 4 nitrogen and oxygen atoms in total. The normalized spacial score (nSPS) is 10.7. The van der Waals surface area contributed by atoms with Crippen molar-refractivity contribution in [1.29, 1.82) is 0 Å². The zero-order chi connectivity index (χ0) is 12.5. The Morgan fingerprint density at radius 3 is 2.56 bits per heavy atom. The van der Waals surface area contributed by atoms with E-state index < -0.39 is 0 Å². The minimum absolute atomic E-state index is 0.388. The highest BCUT2D eigenvalue weighted by molar-refractivity contribution is 6.30. The highest BCUT2D eigenvalue weighted by atomic mass is 35.5. The van der Waals surface area contributed by atoms with Gasteiger partial charge in [-0.1, -0.05) is 41.9 Å². The van der Waals surface area contributed by atoms with Crippen molar-refractivity contribution in [3.63, 3.8) is 0 Å². The number of hydrogen-bond acceptors (Lipinski definition) is 3. The Balaban J connectivity index is 2.29. The summed E-state index contributed by atoms with van der Waals surface area (Å²) in [7, 11) is 0. The van der Waals surface area contributed by atoms with Crippen LogP contribution in [0.3, 0.4) is 0 Å². The van der Waals surface area contributed by atoms with E-state index in [9.17, 15) is 4.79 Å². The average Bonchev–Trinajstić information content (AvgIpc) is 2.40. The zero-order valence-electron chi connectivity index (χ0n) is 9.25. The van der Waals surface area contributed by atoms with E-state index in [2.05, 4.69) is 9.97 Å².